The summed E-state index contributed by atoms with van der Waals surface area (Å²) < 4.78 is 12.3. The predicted molar refractivity (Wildman–Crippen MR) is 187 cm³/mol. The van der Waals surface area contributed by atoms with Gasteiger partial charge in [0, 0.05) is 75.1 Å². The number of nitro benzene ring substituents is 1. The van der Waals surface area contributed by atoms with Crippen LogP contribution in [0.2, 0.25) is 0 Å². The van der Waals surface area contributed by atoms with E-state index in [9.17, 15) is 29.3 Å². The second-order valence-electron chi connectivity index (χ2n) is 13.5. The van der Waals surface area contributed by atoms with Gasteiger partial charge in [0.05, 0.1) is 28.9 Å². The van der Waals surface area contributed by atoms with Crippen molar-refractivity contribution in [3.8, 4) is 11.5 Å². The molecule has 2 spiro atoms. The Bertz CT molecular complexity index is 1980. The average molecular weight is 688 g/mol. The molecule has 0 atom stereocenters. The zero-order valence-electron chi connectivity index (χ0n) is 28.0. The van der Waals surface area contributed by atoms with Gasteiger partial charge in [-0.25, -0.2) is 0 Å². The van der Waals surface area contributed by atoms with Gasteiger partial charge in [-0.05, 0) is 42.5 Å². The van der Waals surface area contributed by atoms with Crippen LogP contribution in [0.1, 0.15) is 80.0 Å². The van der Waals surface area contributed by atoms with Crippen molar-refractivity contribution in [3.05, 3.63) is 135 Å². The number of rotatable bonds is 3. The molecule has 0 saturated carbocycles. The van der Waals surface area contributed by atoms with Crippen LogP contribution in [0.5, 0.6) is 11.5 Å². The van der Waals surface area contributed by atoms with Crippen molar-refractivity contribution in [3.63, 3.8) is 0 Å². The van der Waals surface area contributed by atoms with Gasteiger partial charge in [-0.15, -0.1) is 0 Å². The molecule has 4 aliphatic rings. The number of ether oxygens (including phenoxy) is 2. The largest absolute Gasteiger partial charge is 0.486 e. The Kier molecular flexibility index (Phi) is 9.12. The number of benzene rings is 4. The van der Waals surface area contributed by atoms with E-state index < -0.39 is 16.1 Å². The molecule has 0 N–H and O–H groups in total. The van der Waals surface area contributed by atoms with Gasteiger partial charge in [0.1, 0.15) is 22.7 Å². The van der Waals surface area contributed by atoms with Crippen molar-refractivity contribution < 1.29 is 33.6 Å². The van der Waals surface area contributed by atoms with Crippen LogP contribution >= 0.6 is 0 Å². The van der Waals surface area contributed by atoms with Crippen LogP contribution < -0.4 is 9.47 Å². The molecule has 0 radical (unpaired) electrons. The molecule has 51 heavy (non-hydrogen) atoms. The van der Waals surface area contributed by atoms with Crippen LogP contribution in [0.15, 0.2) is 103 Å². The maximum absolute atomic E-state index is 12.6. The first-order valence-electron chi connectivity index (χ1n) is 17.1. The Morgan fingerprint density at radius 1 is 0.588 bits per heavy atom. The van der Waals surface area contributed by atoms with Crippen LogP contribution in [-0.4, -0.2) is 75.5 Å². The van der Waals surface area contributed by atoms with Gasteiger partial charge >= 0.3 is 0 Å². The number of carbonyl (C=O) groups is 4. The Labute approximate surface area is 294 Å². The molecule has 4 heterocycles. The monoisotopic (exact) mass is 687 g/mol. The van der Waals surface area contributed by atoms with Crippen molar-refractivity contribution in [2.45, 2.75) is 49.7 Å². The van der Waals surface area contributed by atoms with Crippen molar-refractivity contribution in [1.82, 2.24) is 9.80 Å². The van der Waals surface area contributed by atoms with Gasteiger partial charge in [0.25, 0.3) is 17.5 Å². The van der Waals surface area contributed by atoms with E-state index in [0.29, 0.717) is 86.5 Å². The van der Waals surface area contributed by atoms with Crippen LogP contribution in [-0.2, 0) is 0 Å². The minimum Gasteiger partial charge on any atom is -0.486 e. The molecule has 4 aromatic rings. The average Bonchev–Trinajstić information content (AvgIpc) is 3.16. The summed E-state index contributed by atoms with van der Waals surface area (Å²) in [7, 11) is 0. The number of para-hydroxylation sites is 1. The van der Waals surface area contributed by atoms with Crippen LogP contribution in [0, 0.1) is 10.1 Å². The number of non-ortho nitro benzene ring substituents is 1. The number of piperidine rings is 2. The first-order valence-corrected chi connectivity index (χ1v) is 17.1. The summed E-state index contributed by atoms with van der Waals surface area (Å²) in [6.07, 6.45) is 3.05. The molecule has 0 aromatic heterocycles. The third kappa shape index (κ3) is 6.96. The number of Topliss-reactive ketones (excluding diaryl/α,β-unsaturated/α-hetero) is 2. The van der Waals surface area contributed by atoms with Gasteiger partial charge in [0.2, 0.25) is 0 Å². The first kappa shape index (κ1) is 33.6. The van der Waals surface area contributed by atoms with Crippen LogP contribution in [0.4, 0.5) is 5.69 Å². The van der Waals surface area contributed by atoms with E-state index in [0.717, 1.165) is 0 Å². The summed E-state index contributed by atoms with van der Waals surface area (Å²) in [6, 6.07) is 30.0. The van der Waals surface area contributed by atoms with E-state index in [1.54, 1.807) is 17.0 Å². The highest BCUT2D eigenvalue weighted by Crippen LogP contribution is 2.41. The third-order valence-electron chi connectivity index (χ3n) is 10.2. The molecule has 4 aliphatic heterocycles. The molecular weight excluding hydrogens is 650 g/mol. The second-order valence-corrected chi connectivity index (χ2v) is 13.5. The highest BCUT2D eigenvalue weighted by molar-refractivity contribution is 6.01. The van der Waals surface area contributed by atoms with Gasteiger partial charge < -0.3 is 19.3 Å². The smallest absolute Gasteiger partial charge is 0.270 e. The number of nitrogens with zero attached hydrogens (tertiary/aromatic N) is 3. The molecule has 0 aliphatic carbocycles. The lowest BCUT2D eigenvalue weighted by molar-refractivity contribution is -0.384. The lowest BCUT2D eigenvalue weighted by Crippen LogP contribution is -2.52. The highest BCUT2D eigenvalue weighted by atomic mass is 16.6. The second kappa shape index (κ2) is 13.8. The number of hydrogen-bond acceptors (Lipinski definition) is 8. The number of carbonyl (C=O) groups excluding carboxylic acids is 4. The summed E-state index contributed by atoms with van der Waals surface area (Å²) in [5.41, 5.74) is 1.06. The lowest BCUT2D eigenvalue weighted by atomic mass is 9.82. The van der Waals surface area contributed by atoms with E-state index >= 15 is 0 Å². The zero-order valence-corrected chi connectivity index (χ0v) is 28.0. The van der Waals surface area contributed by atoms with Crippen LogP contribution in [0.25, 0.3) is 0 Å². The van der Waals surface area contributed by atoms with E-state index in [-0.39, 0.29) is 41.1 Å². The van der Waals surface area contributed by atoms with E-state index in [1.165, 1.54) is 18.2 Å². The van der Waals surface area contributed by atoms with Gasteiger partial charge in [0.15, 0.2) is 11.6 Å². The molecule has 11 heteroatoms. The highest BCUT2D eigenvalue weighted by Gasteiger charge is 2.45. The Hall–Kier alpha value is -5.84. The predicted octanol–water partition coefficient (Wildman–Crippen LogP) is 6.56. The molecule has 2 saturated heterocycles. The minimum absolute atomic E-state index is 0.0244. The lowest BCUT2D eigenvalue weighted by Gasteiger charge is -2.44. The molecule has 2 fully saturated rings. The third-order valence-corrected chi connectivity index (χ3v) is 10.2. The number of fused-ring (bicyclic) bond motifs is 2. The van der Waals surface area contributed by atoms with Gasteiger partial charge in [-0.1, -0.05) is 48.5 Å². The molecule has 4 aromatic carbocycles. The normalized spacial score (nSPS) is 18.4. The Morgan fingerprint density at radius 2 is 1.02 bits per heavy atom. The minimum atomic E-state index is -0.645. The molecular formula is C40H37N3O8. The number of amides is 2. The number of hydrogen-bond donors (Lipinski definition) is 0. The van der Waals surface area contributed by atoms with E-state index in [4.69, 9.17) is 9.47 Å². The number of ketones is 2. The van der Waals surface area contributed by atoms with Crippen molar-refractivity contribution in [1.29, 1.82) is 0 Å². The van der Waals surface area contributed by atoms with E-state index in [1.807, 2.05) is 77.7 Å². The van der Waals surface area contributed by atoms with Crippen LogP contribution in [0.3, 0.4) is 0 Å². The fraction of sp³-hybridized carbons (Fsp3) is 0.300. The summed E-state index contributed by atoms with van der Waals surface area (Å²) in [5, 5.41) is 10.9. The zero-order chi connectivity index (χ0) is 35.6. The molecule has 8 rings (SSSR count). The quantitative estimate of drug-likeness (QED) is 0.175. The van der Waals surface area contributed by atoms with E-state index in [2.05, 4.69) is 0 Å². The molecule has 11 nitrogen and oxygen atoms in total. The van der Waals surface area contributed by atoms with Gasteiger partial charge in [-0.3, -0.25) is 29.3 Å². The van der Waals surface area contributed by atoms with Crippen molar-refractivity contribution >= 4 is 29.1 Å². The molecule has 2 amide bonds. The fourth-order valence-electron chi connectivity index (χ4n) is 7.36. The maximum Gasteiger partial charge on any atom is 0.270 e. The first-order chi connectivity index (χ1) is 24.6. The fourth-order valence-corrected chi connectivity index (χ4v) is 7.36. The Morgan fingerprint density at radius 3 is 1.51 bits per heavy atom. The molecule has 260 valence electrons. The molecule has 0 bridgehead atoms. The van der Waals surface area contributed by atoms with Crippen molar-refractivity contribution in [2.24, 2.45) is 0 Å². The number of likely N-dealkylation sites (tertiary alicyclic amines) is 2. The van der Waals surface area contributed by atoms with Crippen molar-refractivity contribution in [2.75, 3.05) is 26.2 Å². The summed E-state index contributed by atoms with van der Waals surface area (Å²) in [4.78, 5) is 64.2. The number of nitro groups is 1. The summed E-state index contributed by atoms with van der Waals surface area (Å²) >= 11 is 0. The maximum atomic E-state index is 12.6. The molecule has 0 unspecified atom stereocenters. The summed E-state index contributed by atoms with van der Waals surface area (Å²) in [6.45, 7) is 2.24. The SMILES string of the molecule is O=C1CC2(CCN(C(=O)c3ccccc3)CC2)Oc2ccc([N+](=O)[O-])cc21.O=C1CC2(CCN(C(=O)c3ccccc3)CC2)Oc2ccccc21. The summed E-state index contributed by atoms with van der Waals surface area (Å²) in [5.74, 6) is 1.08. The van der Waals surface area contributed by atoms with Gasteiger partial charge in [-0.2, -0.15) is 0 Å². The standard InChI is InChI=1S/C20H18N2O5.C20H19NO3/c23-17-13-20(27-18-7-6-15(22(25)26)12-16(17)18)8-10-21(11-9-20)19(24)14-4-2-1-3-5-14;22-17-14-20(24-18-9-5-4-8-16(17)18)10-12-21(13-11-20)19(23)15-6-2-1-3-7-15/h1-7,12H,8-11,13H2;1-9H,10-14H2. The topological polar surface area (TPSA) is 136 Å². The Balaban J connectivity index is 0.000000160.